The minimum Gasteiger partial charge on any atom is -0.454 e. The summed E-state index contributed by atoms with van der Waals surface area (Å²) in [7, 11) is -3.74. The summed E-state index contributed by atoms with van der Waals surface area (Å²) in [5.41, 5.74) is 0.103. The van der Waals surface area contributed by atoms with Gasteiger partial charge in [0.05, 0.1) is 18.1 Å². The zero-order chi connectivity index (χ0) is 24.6. The highest BCUT2D eigenvalue weighted by atomic mass is 32.2. The second-order valence-electron chi connectivity index (χ2n) is 7.91. The Kier molecular flexibility index (Phi) is 9.81. The SMILES string of the molecule is CCN(CC)S(=O)(=O)c1cccc(C(=O)N[C@H](C(=O)OCC(=O)N2CCOCC2)C(C)C)c1. The minimum absolute atomic E-state index is 0.00127. The Hall–Kier alpha value is -2.50. The van der Waals surface area contributed by atoms with E-state index in [1.807, 2.05) is 0 Å². The molecule has 0 aromatic heterocycles. The molecule has 1 aliphatic rings. The summed E-state index contributed by atoms with van der Waals surface area (Å²) in [6.07, 6.45) is 0. The van der Waals surface area contributed by atoms with Crippen molar-refractivity contribution in [1.82, 2.24) is 14.5 Å². The van der Waals surface area contributed by atoms with Crippen molar-refractivity contribution in [2.45, 2.75) is 38.6 Å². The standard InChI is InChI=1S/C22H33N3O7S/c1-5-25(6-2)33(29,30)18-9-7-8-17(14-18)21(27)23-20(16(3)4)22(28)32-15-19(26)24-10-12-31-13-11-24/h7-9,14,16,20H,5-6,10-13,15H2,1-4H3,(H,23,27)/t20-/m0/s1. The number of sulfonamides is 1. The van der Waals surface area contributed by atoms with E-state index in [9.17, 15) is 22.8 Å². The minimum atomic E-state index is -3.74. The van der Waals surface area contributed by atoms with Crippen molar-refractivity contribution >= 4 is 27.8 Å². The van der Waals surface area contributed by atoms with Crippen LogP contribution in [0.4, 0.5) is 0 Å². The van der Waals surface area contributed by atoms with Gasteiger partial charge in [0.1, 0.15) is 6.04 Å². The number of morpholine rings is 1. The summed E-state index contributed by atoms with van der Waals surface area (Å²) >= 11 is 0. The highest BCUT2D eigenvalue weighted by Crippen LogP contribution is 2.17. The molecule has 11 heteroatoms. The fraction of sp³-hybridized carbons (Fsp3) is 0.591. The summed E-state index contributed by atoms with van der Waals surface area (Å²) in [5, 5.41) is 2.60. The van der Waals surface area contributed by atoms with Gasteiger partial charge in [-0.15, -0.1) is 0 Å². The number of hydrogen-bond acceptors (Lipinski definition) is 7. The van der Waals surface area contributed by atoms with Crippen LogP contribution >= 0.6 is 0 Å². The highest BCUT2D eigenvalue weighted by Gasteiger charge is 2.29. The average Bonchev–Trinajstić information content (AvgIpc) is 2.81. The van der Waals surface area contributed by atoms with Crippen molar-refractivity contribution in [3.8, 4) is 0 Å². The van der Waals surface area contributed by atoms with Gasteiger partial charge in [0, 0.05) is 31.7 Å². The smallest absolute Gasteiger partial charge is 0.329 e. The van der Waals surface area contributed by atoms with E-state index in [2.05, 4.69) is 5.32 Å². The fourth-order valence-corrected chi connectivity index (χ4v) is 4.86. The molecule has 0 aliphatic carbocycles. The van der Waals surface area contributed by atoms with Crippen LogP contribution in [0.2, 0.25) is 0 Å². The fourth-order valence-electron chi connectivity index (χ4n) is 3.36. The van der Waals surface area contributed by atoms with Gasteiger partial charge in [0.25, 0.3) is 11.8 Å². The van der Waals surface area contributed by atoms with E-state index in [0.29, 0.717) is 39.4 Å². The van der Waals surface area contributed by atoms with Crippen LogP contribution in [0.1, 0.15) is 38.1 Å². The van der Waals surface area contributed by atoms with E-state index in [0.717, 1.165) is 0 Å². The Labute approximate surface area is 195 Å². The number of nitrogens with zero attached hydrogens (tertiary/aromatic N) is 2. The Balaban J connectivity index is 2.07. The molecule has 33 heavy (non-hydrogen) atoms. The van der Waals surface area contributed by atoms with Crippen LogP contribution in [0.3, 0.4) is 0 Å². The largest absolute Gasteiger partial charge is 0.454 e. The first-order valence-corrected chi connectivity index (χ1v) is 12.5. The molecule has 184 valence electrons. The molecule has 0 bridgehead atoms. The molecule has 10 nitrogen and oxygen atoms in total. The van der Waals surface area contributed by atoms with Crippen molar-refractivity contribution in [2.24, 2.45) is 5.92 Å². The summed E-state index contributed by atoms with van der Waals surface area (Å²) in [4.78, 5) is 39.2. The van der Waals surface area contributed by atoms with Gasteiger partial charge in [0.15, 0.2) is 6.61 Å². The second kappa shape index (κ2) is 12.1. The molecule has 2 amide bonds. The van der Waals surface area contributed by atoms with Crippen molar-refractivity contribution in [2.75, 3.05) is 46.0 Å². The van der Waals surface area contributed by atoms with Gasteiger partial charge in [-0.05, 0) is 24.1 Å². The van der Waals surface area contributed by atoms with Crippen LogP contribution < -0.4 is 5.32 Å². The third-order valence-corrected chi connectivity index (χ3v) is 7.39. The van der Waals surface area contributed by atoms with E-state index in [4.69, 9.17) is 9.47 Å². The number of hydrogen-bond donors (Lipinski definition) is 1. The van der Waals surface area contributed by atoms with Crippen LogP contribution in [-0.2, 0) is 29.1 Å². The first-order chi connectivity index (χ1) is 15.6. The first kappa shape index (κ1) is 26.7. The quantitative estimate of drug-likeness (QED) is 0.490. The van der Waals surface area contributed by atoms with Crippen molar-refractivity contribution in [1.29, 1.82) is 0 Å². The molecule has 0 spiro atoms. The monoisotopic (exact) mass is 483 g/mol. The Morgan fingerprint density at radius 1 is 1.15 bits per heavy atom. The number of benzene rings is 1. The van der Waals surface area contributed by atoms with Crippen LogP contribution in [0, 0.1) is 5.92 Å². The molecule has 1 N–H and O–H groups in total. The molecule has 0 saturated carbocycles. The Morgan fingerprint density at radius 2 is 1.79 bits per heavy atom. The van der Waals surface area contributed by atoms with Crippen LogP contribution in [-0.4, -0.2) is 87.4 Å². The maximum Gasteiger partial charge on any atom is 0.329 e. The van der Waals surface area contributed by atoms with Gasteiger partial charge >= 0.3 is 5.97 Å². The third kappa shape index (κ3) is 6.99. The van der Waals surface area contributed by atoms with Crippen LogP contribution in [0.25, 0.3) is 0 Å². The van der Waals surface area contributed by atoms with E-state index in [-0.39, 0.29) is 22.3 Å². The zero-order valence-corrected chi connectivity index (χ0v) is 20.4. The molecule has 1 fully saturated rings. The number of amides is 2. The molecule has 1 saturated heterocycles. The maximum absolute atomic E-state index is 12.8. The summed E-state index contributed by atoms with van der Waals surface area (Å²) in [6, 6.07) is 4.66. The lowest BCUT2D eigenvalue weighted by Crippen LogP contribution is -2.47. The van der Waals surface area contributed by atoms with E-state index < -0.39 is 34.5 Å². The highest BCUT2D eigenvalue weighted by molar-refractivity contribution is 7.89. The summed E-state index contributed by atoms with van der Waals surface area (Å²) in [5.74, 6) is -1.98. The van der Waals surface area contributed by atoms with E-state index >= 15 is 0 Å². The number of ether oxygens (including phenoxy) is 2. The number of carbonyl (C=O) groups excluding carboxylic acids is 3. The molecule has 1 aromatic carbocycles. The van der Waals surface area contributed by atoms with Crippen molar-refractivity contribution in [3.05, 3.63) is 29.8 Å². The summed E-state index contributed by atoms with van der Waals surface area (Å²) in [6.45, 7) is 8.88. The Bertz CT molecular complexity index is 939. The van der Waals surface area contributed by atoms with Crippen molar-refractivity contribution < 1.29 is 32.3 Å². The molecular formula is C22H33N3O7S. The maximum atomic E-state index is 12.8. The van der Waals surface area contributed by atoms with Gasteiger partial charge in [-0.25, -0.2) is 13.2 Å². The topological polar surface area (TPSA) is 122 Å². The summed E-state index contributed by atoms with van der Waals surface area (Å²) < 4.78 is 37.2. The van der Waals surface area contributed by atoms with Gasteiger partial charge in [0.2, 0.25) is 10.0 Å². The Morgan fingerprint density at radius 3 is 2.36 bits per heavy atom. The number of esters is 1. The number of nitrogens with one attached hydrogen (secondary N) is 1. The molecule has 0 radical (unpaired) electrons. The lowest BCUT2D eigenvalue weighted by atomic mass is 10.0. The second-order valence-corrected chi connectivity index (χ2v) is 9.85. The predicted molar refractivity (Wildman–Crippen MR) is 121 cm³/mol. The number of carbonyl (C=O) groups is 3. The van der Waals surface area contributed by atoms with E-state index in [1.165, 1.54) is 28.6 Å². The normalized spacial score (nSPS) is 15.4. The lowest BCUT2D eigenvalue weighted by molar-refractivity contribution is -0.155. The van der Waals surface area contributed by atoms with Crippen LogP contribution in [0.5, 0.6) is 0 Å². The third-order valence-electron chi connectivity index (χ3n) is 5.35. The average molecular weight is 484 g/mol. The van der Waals surface area contributed by atoms with Gasteiger partial charge in [-0.2, -0.15) is 4.31 Å². The molecular weight excluding hydrogens is 450 g/mol. The van der Waals surface area contributed by atoms with Gasteiger partial charge in [-0.1, -0.05) is 33.8 Å². The number of rotatable bonds is 10. The molecule has 1 heterocycles. The lowest BCUT2D eigenvalue weighted by Gasteiger charge is -2.27. The van der Waals surface area contributed by atoms with E-state index in [1.54, 1.807) is 32.6 Å². The van der Waals surface area contributed by atoms with Gasteiger partial charge in [-0.3, -0.25) is 9.59 Å². The first-order valence-electron chi connectivity index (χ1n) is 11.0. The molecule has 1 aromatic rings. The predicted octanol–water partition coefficient (Wildman–Crippen LogP) is 0.874. The zero-order valence-electron chi connectivity index (χ0n) is 19.6. The molecule has 2 rings (SSSR count). The molecule has 1 atom stereocenters. The molecule has 1 aliphatic heterocycles. The van der Waals surface area contributed by atoms with Crippen molar-refractivity contribution in [3.63, 3.8) is 0 Å². The van der Waals surface area contributed by atoms with Crippen LogP contribution in [0.15, 0.2) is 29.2 Å². The van der Waals surface area contributed by atoms with Gasteiger partial charge < -0.3 is 19.7 Å². The molecule has 0 unspecified atom stereocenters.